The molecule has 1 N–H and O–H groups in total. The molecule has 0 radical (unpaired) electrons. The van der Waals surface area contributed by atoms with E-state index in [1.165, 1.54) is 35.2 Å². The molecule has 0 saturated heterocycles. The van der Waals surface area contributed by atoms with Crippen LogP contribution in [0.5, 0.6) is 0 Å². The second kappa shape index (κ2) is 13.9. The van der Waals surface area contributed by atoms with Gasteiger partial charge in [-0.1, -0.05) is 67.9 Å². The van der Waals surface area contributed by atoms with Gasteiger partial charge in [-0.25, -0.2) is 8.42 Å². The Bertz CT molecular complexity index is 1460. The monoisotopic (exact) mass is 580 g/mol. The maximum absolute atomic E-state index is 14.1. The van der Waals surface area contributed by atoms with Gasteiger partial charge in [0.15, 0.2) is 0 Å². The van der Waals surface area contributed by atoms with Crippen LogP contribution in [0.1, 0.15) is 44.7 Å². The second-order valence-corrected chi connectivity index (χ2v) is 11.7. The van der Waals surface area contributed by atoms with Crippen LogP contribution in [0.4, 0.5) is 11.4 Å². The number of benzene rings is 3. The molecule has 41 heavy (non-hydrogen) atoms. The Balaban J connectivity index is 2.08. The first-order valence-electron chi connectivity index (χ1n) is 13.5. The normalized spacial score (nSPS) is 12.7. The summed E-state index contributed by atoms with van der Waals surface area (Å²) in [4.78, 5) is 39.5. The summed E-state index contributed by atoms with van der Waals surface area (Å²) in [6.07, 6.45) is 0.992. The molecule has 11 heteroatoms. The van der Waals surface area contributed by atoms with E-state index in [0.717, 1.165) is 21.5 Å². The summed E-state index contributed by atoms with van der Waals surface area (Å²) in [5.41, 5.74) is 1.44. The van der Waals surface area contributed by atoms with Crippen LogP contribution in [0, 0.1) is 17.0 Å². The lowest BCUT2D eigenvalue weighted by atomic mass is 10.1. The third kappa shape index (κ3) is 7.91. The summed E-state index contributed by atoms with van der Waals surface area (Å²) < 4.78 is 28.5. The van der Waals surface area contributed by atoms with Crippen molar-refractivity contribution in [1.82, 2.24) is 10.2 Å². The first-order chi connectivity index (χ1) is 19.5. The number of carbonyl (C=O) groups excluding carboxylic acids is 2. The van der Waals surface area contributed by atoms with Crippen LogP contribution in [0.2, 0.25) is 0 Å². The molecule has 0 aliphatic rings. The van der Waals surface area contributed by atoms with Crippen LogP contribution < -0.4 is 9.62 Å². The molecule has 0 aromatic heterocycles. The number of anilines is 1. The highest BCUT2D eigenvalue weighted by atomic mass is 32.2. The molecule has 0 fully saturated rings. The van der Waals surface area contributed by atoms with E-state index >= 15 is 0 Å². The van der Waals surface area contributed by atoms with Gasteiger partial charge in [0.1, 0.15) is 12.6 Å². The smallest absolute Gasteiger partial charge is 0.271 e. The standard InChI is InChI=1S/C30H36N4O6S/c1-5-23(4)31-30(36)28(6-2)32(20-24-17-15-22(3)16-18-24)29(35)21-33(25-11-10-12-26(19-25)34(37)38)41(39,40)27-13-8-7-9-14-27/h7-19,23,28H,5-6,20-21H2,1-4H3,(H,31,36)/t23-,28+/m0/s1. The molecule has 10 nitrogen and oxygen atoms in total. The van der Waals surface area contributed by atoms with E-state index in [1.807, 2.05) is 45.0 Å². The fourth-order valence-electron chi connectivity index (χ4n) is 4.26. The van der Waals surface area contributed by atoms with E-state index in [0.29, 0.717) is 12.8 Å². The Morgan fingerprint density at radius 1 is 0.951 bits per heavy atom. The number of hydrogen-bond donors (Lipinski definition) is 1. The maximum atomic E-state index is 14.1. The lowest BCUT2D eigenvalue weighted by molar-refractivity contribution is -0.384. The fraction of sp³-hybridized carbons (Fsp3) is 0.333. The summed E-state index contributed by atoms with van der Waals surface area (Å²) in [6, 6.07) is 19.2. The minimum Gasteiger partial charge on any atom is -0.352 e. The van der Waals surface area contributed by atoms with E-state index < -0.39 is 33.4 Å². The van der Waals surface area contributed by atoms with Gasteiger partial charge in [-0.15, -0.1) is 0 Å². The fourth-order valence-corrected chi connectivity index (χ4v) is 5.69. The van der Waals surface area contributed by atoms with Gasteiger partial charge in [-0.05, 0) is 50.5 Å². The number of hydrogen-bond acceptors (Lipinski definition) is 6. The molecule has 0 unspecified atom stereocenters. The molecule has 3 rings (SSSR count). The minimum absolute atomic E-state index is 0.0382. The van der Waals surface area contributed by atoms with Crippen LogP contribution in [0.15, 0.2) is 83.8 Å². The topological polar surface area (TPSA) is 130 Å². The van der Waals surface area contributed by atoms with E-state index in [9.17, 15) is 28.1 Å². The van der Waals surface area contributed by atoms with Crippen LogP contribution in [0.3, 0.4) is 0 Å². The molecular weight excluding hydrogens is 544 g/mol. The zero-order chi connectivity index (χ0) is 30.2. The highest BCUT2D eigenvalue weighted by Crippen LogP contribution is 2.28. The molecule has 2 atom stereocenters. The van der Waals surface area contributed by atoms with Crippen molar-refractivity contribution in [3.63, 3.8) is 0 Å². The predicted molar refractivity (Wildman–Crippen MR) is 158 cm³/mol. The Hall–Kier alpha value is -4.25. The van der Waals surface area contributed by atoms with Crippen molar-refractivity contribution in [3.8, 4) is 0 Å². The highest BCUT2D eigenvalue weighted by molar-refractivity contribution is 7.92. The van der Waals surface area contributed by atoms with Crippen LogP contribution in [-0.2, 0) is 26.2 Å². The Kier molecular flexibility index (Phi) is 10.6. The van der Waals surface area contributed by atoms with Gasteiger partial charge >= 0.3 is 0 Å². The molecule has 0 saturated carbocycles. The van der Waals surface area contributed by atoms with Gasteiger partial charge in [0, 0.05) is 24.7 Å². The van der Waals surface area contributed by atoms with Crippen molar-refractivity contribution >= 4 is 33.2 Å². The number of sulfonamides is 1. The number of non-ortho nitro benzene ring substituents is 1. The number of nitro groups is 1. The van der Waals surface area contributed by atoms with Gasteiger partial charge in [-0.2, -0.15) is 0 Å². The first kappa shape index (κ1) is 31.3. The zero-order valence-corrected chi connectivity index (χ0v) is 24.5. The molecule has 2 amide bonds. The Morgan fingerprint density at radius 2 is 1.61 bits per heavy atom. The van der Waals surface area contributed by atoms with Crippen molar-refractivity contribution in [2.45, 2.75) is 64.1 Å². The third-order valence-corrected chi connectivity index (χ3v) is 8.59. The van der Waals surface area contributed by atoms with Gasteiger partial charge in [0.05, 0.1) is 15.5 Å². The van der Waals surface area contributed by atoms with Crippen molar-refractivity contribution in [2.75, 3.05) is 10.8 Å². The number of carbonyl (C=O) groups is 2. The number of aryl methyl sites for hydroxylation is 1. The molecule has 218 valence electrons. The van der Waals surface area contributed by atoms with Gasteiger partial charge in [-0.3, -0.25) is 24.0 Å². The van der Waals surface area contributed by atoms with Gasteiger partial charge in [0.25, 0.3) is 15.7 Å². The quantitative estimate of drug-likeness (QED) is 0.228. The number of nitrogens with zero attached hydrogens (tertiary/aromatic N) is 3. The zero-order valence-electron chi connectivity index (χ0n) is 23.7. The number of nitrogens with one attached hydrogen (secondary N) is 1. The van der Waals surface area contributed by atoms with Crippen molar-refractivity contribution in [2.24, 2.45) is 0 Å². The largest absolute Gasteiger partial charge is 0.352 e. The molecule has 0 aliphatic heterocycles. The van der Waals surface area contributed by atoms with Gasteiger partial charge < -0.3 is 10.2 Å². The van der Waals surface area contributed by atoms with Crippen LogP contribution >= 0.6 is 0 Å². The molecule has 3 aromatic carbocycles. The van der Waals surface area contributed by atoms with Crippen molar-refractivity contribution < 1.29 is 22.9 Å². The summed E-state index contributed by atoms with van der Waals surface area (Å²) in [5.74, 6) is -0.960. The average molecular weight is 581 g/mol. The molecule has 0 heterocycles. The van der Waals surface area contributed by atoms with E-state index in [1.54, 1.807) is 25.1 Å². The van der Waals surface area contributed by atoms with Crippen LogP contribution in [-0.4, -0.2) is 48.7 Å². The van der Waals surface area contributed by atoms with Crippen molar-refractivity contribution in [1.29, 1.82) is 0 Å². The lowest BCUT2D eigenvalue weighted by Gasteiger charge is -2.33. The summed E-state index contributed by atoms with van der Waals surface area (Å²) >= 11 is 0. The Labute approximate surface area is 241 Å². The summed E-state index contributed by atoms with van der Waals surface area (Å²) in [6.45, 7) is 6.93. The molecule has 0 aliphatic carbocycles. The highest BCUT2D eigenvalue weighted by Gasteiger charge is 2.34. The lowest BCUT2D eigenvalue weighted by Crippen LogP contribution is -2.53. The minimum atomic E-state index is -4.32. The van der Waals surface area contributed by atoms with E-state index in [4.69, 9.17) is 0 Å². The molecule has 0 bridgehead atoms. The SMILES string of the molecule is CC[C@H](C(=O)N[C@@H](C)CC)N(Cc1ccc(C)cc1)C(=O)CN(c1cccc([N+](=O)[O-])c1)S(=O)(=O)c1ccccc1. The Morgan fingerprint density at radius 3 is 2.20 bits per heavy atom. The van der Waals surface area contributed by atoms with Crippen molar-refractivity contribution in [3.05, 3.63) is 100 Å². The second-order valence-electron chi connectivity index (χ2n) is 9.85. The average Bonchev–Trinajstić information content (AvgIpc) is 2.97. The van der Waals surface area contributed by atoms with E-state index in [-0.39, 0.29) is 34.8 Å². The molecular formula is C30H36N4O6S. The molecule has 3 aromatic rings. The van der Waals surface area contributed by atoms with E-state index in [2.05, 4.69) is 5.32 Å². The van der Waals surface area contributed by atoms with Crippen LogP contribution in [0.25, 0.3) is 0 Å². The number of rotatable bonds is 13. The maximum Gasteiger partial charge on any atom is 0.271 e. The summed E-state index contributed by atoms with van der Waals surface area (Å²) in [7, 11) is -4.32. The number of nitro benzene ring substituents is 1. The predicted octanol–water partition coefficient (Wildman–Crippen LogP) is 4.82. The van der Waals surface area contributed by atoms with Gasteiger partial charge in [0.2, 0.25) is 11.8 Å². The molecule has 0 spiro atoms. The first-order valence-corrected chi connectivity index (χ1v) is 14.9. The number of amides is 2. The summed E-state index contributed by atoms with van der Waals surface area (Å²) in [5, 5.41) is 14.4. The third-order valence-electron chi connectivity index (χ3n) is 6.80.